The van der Waals surface area contributed by atoms with E-state index < -0.39 is 24.2 Å². The molecule has 10 rings (SSSR count). The lowest BCUT2D eigenvalue weighted by molar-refractivity contribution is 0.296. The Hall–Kier alpha value is -4.47. The van der Waals surface area contributed by atoms with Crippen molar-refractivity contribution in [3.05, 3.63) is 224 Å². The third-order valence-electron chi connectivity index (χ3n) is 14.7. The molecule has 6 atom stereocenters. The van der Waals surface area contributed by atoms with E-state index in [4.69, 9.17) is 9.47 Å². The average Bonchev–Trinajstić information content (AvgIpc) is 4.27. The Bertz CT molecular complexity index is 2830. The maximum absolute atomic E-state index is 6.23. The fourth-order valence-corrected chi connectivity index (χ4v) is 23.6. The van der Waals surface area contributed by atoms with Crippen molar-refractivity contribution in [2.75, 3.05) is 27.8 Å². The van der Waals surface area contributed by atoms with Crippen LogP contribution >= 0.6 is 46.9 Å². The molecule has 1 saturated carbocycles. The summed E-state index contributed by atoms with van der Waals surface area (Å²) in [5.74, 6) is 2.84. The molecule has 0 N–H and O–H groups in total. The van der Waals surface area contributed by atoms with E-state index in [9.17, 15) is 0 Å². The molecule has 2 fully saturated rings. The largest absolute Gasteiger partial charge is 0.497 e. The van der Waals surface area contributed by atoms with Gasteiger partial charge in [0, 0.05) is 79.2 Å². The molecule has 9 heteroatoms. The van der Waals surface area contributed by atoms with Crippen LogP contribution in [0.25, 0.3) is 0 Å². The van der Waals surface area contributed by atoms with Crippen molar-refractivity contribution in [3.63, 3.8) is 0 Å². The molecule has 1 aliphatic carbocycles. The molecule has 0 radical (unpaired) electrons. The monoisotopic (exact) mass is 1030 g/mol. The molecule has 2 unspecified atom stereocenters. The molecule has 1 saturated heterocycles. The SMILES string of the molecule is CCCCN(C1[C@@H](c2ccccc2)CC[C@@H]1c1ccccc1)P(c1ccsc1)c1csc(Cc2cc(OC)cc([C@@H]3CC[C@@H](c4cc(C)cc(OC)c4)P3N(C)P(c3ccccc3)c3ccccc3)c2)c1. The summed E-state index contributed by atoms with van der Waals surface area (Å²) in [5, 5.41) is 13.0. The van der Waals surface area contributed by atoms with Gasteiger partial charge < -0.3 is 9.47 Å². The van der Waals surface area contributed by atoms with E-state index in [1.54, 1.807) is 7.11 Å². The smallest absolute Gasteiger partial charge is 0.119 e. The second-order valence-corrected chi connectivity index (χ2v) is 28.3. The first-order valence-electron chi connectivity index (χ1n) is 25.4. The van der Waals surface area contributed by atoms with Crippen molar-refractivity contribution in [2.24, 2.45) is 0 Å². The Labute approximate surface area is 435 Å². The van der Waals surface area contributed by atoms with Crippen LogP contribution in [-0.4, -0.2) is 43.0 Å². The van der Waals surface area contributed by atoms with E-state index in [2.05, 4.69) is 216 Å². The summed E-state index contributed by atoms with van der Waals surface area (Å²) >= 11 is 3.79. The molecule has 2 aliphatic rings. The quantitative estimate of drug-likeness (QED) is 0.0754. The highest BCUT2D eigenvalue weighted by Gasteiger charge is 2.45. The topological polar surface area (TPSA) is 24.9 Å². The Balaban J connectivity index is 1.01. The first kappa shape index (κ1) is 50.1. The zero-order valence-electron chi connectivity index (χ0n) is 41.8. The summed E-state index contributed by atoms with van der Waals surface area (Å²) in [6.45, 7) is 5.65. The first-order valence-corrected chi connectivity index (χ1v) is 31.3. The van der Waals surface area contributed by atoms with Gasteiger partial charge in [-0.15, -0.1) is 11.3 Å². The van der Waals surface area contributed by atoms with Crippen molar-refractivity contribution < 1.29 is 9.47 Å². The molecule has 8 aromatic rings. The van der Waals surface area contributed by atoms with Crippen LogP contribution in [0.3, 0.4) is 0 Å². The fraction of sp³-hybridized carbons (Fsp3) is 0.290. The highest BCUT2D eigenvalue weighted by atomic mass is 32.1. The Morgan fingerprint density at radius 1 is 0.577 bits per heavy atom. The highest BCUT2D eigenvalue weighted by molar-refractivity contribution is 7.79. The van der Waals surface area contributed by atoms with Crippen LogP contribution in [0.1, 0.15) is 107 Å². The van der Waals surface area contributed by atoms with Crippen LogP contribution in [0.4, 0.5) is 0 Å². The zero-order valence-corrected chi connectivity index (χ0v) is 46.1. The Morgan fingerprint density at radius 3 is 1.69 bits per heavy atom. The van der Waals surface area contributed by atoms with Crippen LogP contribution < -0.4 is 30.7 Å². The number of rotatable bonds is 19. The second kappa shape index (κ2) is 23.6. The third-order valence-corrected chi connectivity index (χ3v) is 25.5. The van der Waals surface area contributed by atoms with Crippen LogP contribution in [0.2, 0.25) is 0 Å². The molecular formula is C62H67N2O2P3S2. The van der Waals surface area contributed by atoms with Crippen molar-refractivity contribution in [1.82, 2.24) is 9.11 Å². The lowest BCUT2D eigenvalue weighted by atomic mass is 9.87. The molecule has 0 spiro atoms. The Kier molecular flexibility index (Phi) is 16.6. The van der Waals surface area contributed by atoms with Gasteiger partial charge in [-0.2, -0.15) is 11.3 Å². The van der Waals surface area contributed by atoms with E-state index in [-0.39, 0.29) is 0 Å². The zero-order chi connectivity index (χ0) is 48.7. The summed E-state index contributed by atoms with van der Waals surface area (Å²) < 4.78 is 18.0. The molecular weight excluding hydrogens is 962 g/mol. The van der Waals surface area contributed by atoms with Gasteiger partial charge in [0.15, 0.2) is 0 Å². The molecule has 2 aromatic heterocycles. The minimum atomic E-state index is -0.800. The number of hydrogen-bond acceptors (Lipinski definition) is 6. The van der Waals surface area contributed by atoms with Gasteiger partial charge in [-0.25, -0.2) is 0 Å². The normalized spacial score (nSPS) is 19.7. The number of methoxy groups -OCH3 is 2. The number of thiophene rings is 2. The number of ether oxygens (including phenoxy) is 2. The number of aryl methyl sites for hydroxylation is 1. The molecule has 71 heavy (non-hydrogen) atoms. The number of benzene rings is 6. The van der Waals surface area contributed by atoms with Gasteiger partial charge in [0.2, 0.25) is 0 Å². The average molecular weight is 1030 g/mol. The van der Waals surface area contributed by atoms with Gasteiger partial charge in [-0.05, 0) is 145 Å². The number of hydrogen-bond donors (Lipinski definition) is 0. The molecule has 1 aliphatic heterocycles. The van der Waals surface area contributed by atoms with E-state index >= 15 is 0 Å². The summed E-state index contributed by atoms with van der Waals surface area (Å²) in [6, 6.07) is 64.8. The first-order chi connectivity index (χ1) is 34.9. The van der Waals surface area contributed by atoms with E-state index in [1.807, 2.05) is 29.8 Å². The van der Waals surface area contributed by atoms with E-state index in [0.717, 1.165) is 37.3 Å². The molecule has 3 heterocycles. The van der Waals surface area contributed by atoms with Crippen LogP contribution in [0.5, 0.6) is 11.5 Å². The minimum absolute atomic E-state index is 0.358. The van der Waals surface area contributed by atoms with Crippen molar-refractivity contribution in [2.45, 2.75) is 88.0 Å². The molecule has 0 bridgehead atoms. The highest BCUT2D eigenvalue weighted by Crippen LogP contribution is 2.76. The van der Waals surface area contributed by atoms with Crippen LogP contribution in [0.15, 0.2) is 186 Å². The maximum Gasteiger partial charge on any atom is 0.119 e. The molecule has 6 aromatic carbocycles. The summed E-state index contributed by atoms with van der Waals surface area (Å²) in [4.78, 5) is 1.41. The van der Waals surface area contributed by atoms with Crippen molar-refractivity contribution in [3.8, 4) is 11.5 Å². The maximum atomic E-state index is 6.23. The summed E-state index contributed by atoms with van der Waals surface area (Å²) in [7, 11) is 3.76. The van der Waals surface area contributed by atoms with Crippen molar-refractivity contribution >= 4 is 68.1 Å². The number of unbranched alkanes of at least 4 members (excludes halogenated alkanes) is 1. The fourth-order valence-electron chi connectivity index (χ4n) is 11.6. The van der Waals surface area contributed by atoms with Crippen LogP contribution in [0, 0.1) is 6.92 Å². The van der Waals surface area contributed by atoms with E-state index in [0.29, 0.717) is 29.2 Å². The predicted octanol–water partition coefficient (Wildman–Crippen LogP) is 15.9. The molecule has 0 amide bonds. The second-order valence-electron chi connectivity index (χ2n) is 19.2. The van der Waals surface area contributed by atoms with Gasteiger partial charge in [-0.3, -0.25) is 9.11 Å². The lowest BCUT2D eigenvalue weighted by Crippen LogP contribution is -2.41. The van der Waals surface area contributed by atoms with Crippen LogP contribution in [-0.2, 0) is 6.42 Å². The Morgan fingerprint density at radius 2 is 1.14 bits per heavy atom. The van der Waals surface area contributed by atoms with Gasteiger partial charge >= 0.3 is 0 Å². The standard InChI is InChI=1S/C62H67N2O2P3S2/c1-6-7-33-64(62-58(47-20-12-8-13-21-47)28-29-59(62)48-22-14-9-15-23-48)68(55-32-34-70-43-55)56-42-57(71-44-56)39-46-37-50(41-52(38-46)66-5)61-31-30-60(49-35-45(2)36-51(40-49)65-4)69(61)63(3)67(53-24-16-10-17-25-53)54-26-18-11-19-27-54/h8-27,32,34-38,40-44,58-62H,6-7,28-31,33,39H2,1-5H3/t58-,59-,60+,61+,68?,69?/m1/s1. The summed E-state index contributed by atoms with van der Waals surface area (Å²) in [5.41, 5.74) is 9.08. The lowest BCUT2D eigenvalue weighted by Gasteiger charge is -2.42. The number of nitrogens with zero attached hydrogens (tertiary/aromatic N) is 2. The van der Waals surface area contributed by atoms with Gasteiger partial charge in [0.1, 0.15) is 11.5 Å². The van der Waals surface area contributed by atoms with Gasteiger partial charge in [0.25, 0.3) is 0 Å². The molecule has 364 valence electrons. The minimum Gasteiger partial charge on any atom is -0.497 e. The third kappa shape index (κ3) is 11.2. The predicted molar refractivity (Wildman–Crippen MR) is 310 cm³/mol. The van der Waals surface area contributed by atoms with E-state index in [1.165, 1.54) is 85.2 Å². The van der Waals surface area contributed by atoms with Gasteiger partial charge in [0.05, 0.1) is 14.2 Å². The molecule has 4 nitrogen and oxygen atoms in total. The van der Waals surface area contributed by atoms with Gasteiger partial charge in [-0.1, -0.05) is 147 Å². The van der Waals surface area contributed by atoms with Crippen molar-refractivity contribution in [1.29, 1.82) is 0 Å². The summed E-state index contributed by atoms with van der Waals surface area (Å²) in [6.07, 6.45) is 7.88.